The van der Waals surface area contributed by atoms with Crippen LogP contribution in [0.15, 0.2) is 40.3 Å². The fourth-order valence-corrected chi connectivity index (χ4v) is 3.87. The lowest BCUT2D eigenvalue weighted by Gasteiger charge is -2.13. The Kier molecular flexibility index (Phi) is 7.03. The maximum absolute atomic E-state index is 12.9. The van der Waals surface area contributed by atoms with E-state index in [1.165, 1.54) is 11.8 Å². The number of carbonyl (C=O) groups excluding carboxylic acids is 1. The van der Waals surface area contributed by atoms with Crippen molar-refractivity contribution in [3.05, 3.63) is 57.0 Å². The van der Waals surface area contributed by atoms with Gasteiger partial charge in [-0.05, 0) is 43.0 Å². The van der Waals surface area contributed by atoms with Gasteiger partial charge in [0, 0.05) is 23.8 Å². The molecule has 2 aromatic heterocycles. The lowest BCUT2D eigenvalue weighted by Crippen LogP contribution is -2.27. The highest BCUT2D eigenvalue weighted by Crippen LogP contribution is 2.19. The number of rotatable bonds is 8. The van der Waals surface area contributed by atoms with Gasteiger partial charge in [0.1, 0.15) is 5.52 Å². The molecule has 0 unspecified atom stereocenters. The zero-order valence-corrected chi connectivity index (χ0v) is 18.4. The number of hydrogen-bond donors (Lipinski definition) is 2. The van der Waals surface area contributed by atoms with E-state index in [2.05, 4.69) is 29.1 Å². The number of amides is 1. The van der Waals surface area contributed by atoms with Crippen LogP contribution in [0.4, 0.5) is 0 Å². The summed E-state index contributed by atoms with van der Waals surface area (Å²) in [6.45, 7) is 7.14. The number of nitrogens with zero attached hydrogens (tertiary/aromatic N) is 2. The normalized spacial score (nSPS) is 11.3. The Hall–Kier alpha value is -2.25. The molecule has 0 bridgehead atoms. The number of halogens is 1. The Bertz CT molecular complexity index is 1060. The number of aromatic amines is 1. The van der Waals surface area contributed by atoms with Gasteiger partial charge in [-0.1, -0.05) is 49.3 Å². The molecule has 29 heavy (non-hydrogen) atoms. The first-order valence-corrected chi connectivity index (χ1v) is 10.9. The van der Waals surface area contributed by atoms with Crippen LogP contribution in [0, 0.1) is 12.8 Å². The summed E-state index contributed by atoms with van der Waals surface area (Å²) in [5.41, 5.74) is 2.93. The topological polar surface area (TPSA) is 79.8 Å². The molecule has 0 saturated heterocycles. The van der Waals surface area contributed by atoms with Gasteiger partial charge < -0.3 is 10.3 Å². The molecular formula is C21H25ClN4O2S. The molecule has 0 spiro atoms. The minimum atomic E-state index is -0.111. The summed E-state index contributed by atoms with van der Waals surface area (Å²) in [5.74, 6) is 0.542. The lowest BCUT2D eigenvalue weighted by molar-refractivity contribution is -0.118. The predicted molar refractivity (Wildman–Crippen MR) is 119 cm³/mol. The third-order valence-corrected chi connectivity index (χ3v) is 5.73. The summed E-state index contributed by atoms with van der Waals surface area (Å²) >= 11 is 7.17. The van der Waals surface area contributed by atoms with Crippen molar-refractivity contribution in [2.24, 2.45) is 5.92 Å². The Balaban J connectivity index is 1.71. The van der Waals surface area contributed by atoms with Gasteiger partial charge in [-0.2, -0.15) is 0 Å². The molecule has 3 aromatic rings. The molecule has 0 atom stereocenters. The van der Waals surface area contributed by atoms with Crippen molar-refractivity contribution < 1.29 is 4.79 Å². The average Bonchev–Trinajstić information content (AvgIpc) is 3.05. The molecule has 1 aromatic carbocycles. The number of aromatic nitrogens is 3. The number of nitrogens with one attached hydrogen (secondary N) is 2. The number of carbonyl (C=O) groups is 1. The van der Waals surface area contributed by atoms with Gasteiger partial charge in [-0.15, -0.1) is 0 Å². The molecule has 1 amide bonds. The zero-order chi connectivity index (χ0) is 21.0. The maximum Gasteiger partial charge on any atom is 0.278 e. The molecule has 0 radical (unpaired) electrons. The molecule has 2 N–H and O–H groups in total. The number of H-pyrrole nitrogens is 1. The van der Waals surface area contributed by atoms with E-state index < -0.39 is 0 Å². The Labute approximate surface area is 179 Å². The van der Waals surface area contributed by atoms with Crippen LogP contribution in [0.1, 0.15) is 31.5 Å². The summed E-state index contributed by atoms with van der Waals surface area (Å²) in [6.07, 6.45) is 0.864. The average molecular weight is 433 g/mol. The highest BCUT2D eigenvalue weighted by molar-refractivity contribution is 7.99. The van der Waals surface area contributed by atoms with E-state index in [4.69, 9.17) is 11.6 Å². The molecule has 0 saturated carbocycles. The highest BCUT2D eigenvalue weighted by atomic mass is 35.5. The number of hydrogen-bond acceptors (Lipinski definition) is 4. The van der Waals surface area contributed by atoms with Gasteiger partial charge >= 0.3 is 0 Å². The van der Waals surface area contributed by atoms with Crippen molar-refractivity contribution in [3.63, 3.8) is 0 Å². The molecule has 6 nitrogen and oxygen atoms in total. The van der Waals surface area contributed by atoms with E-state index in [1.54, 1.807) is 16.7 Å². The molecule has 3 rings (SSSR count). The smallest absolute Gasteiger partial charge is 0.278 e. The van der Waals surface area contributed by atoms with Crippen molar-refractivity contribution in [2.45, 2.75) is 45.4 Å². The zero-order valence-electron chi connectivity index (χ0n) is 16.8. The second kappa shape index (κ2) is 9.50. The van der Waals surface area contributed by atoms with E-state index in [0.29, 0.717) is 40.2 Å². The molecule has 2 heterocycles. The number of benzene rings is 1. The maximum atomic E-state index is 12.9. The first-order valence-electron chi connectivity index (χ1n) is 9.57. The van der Waals surface area contributed by atoms with Crippen LogP contribution >= 0.6 is 23.4 Å². The predicted octanol–water partition coefficient (Wildman–Crippen LogP) is 4.14. The second-order valence-corrected chi connectivity index (χ2v) is 8.82. The van der Waals surface area contributed by atoms with Gasteiger partial charge in [0.25, 0.3) is 5.56 Å². The van der Waals surface area contributed by atoms with Gasteiger partial charge in [-0.3, -0.25) is 14.2 Å². The quantitative estimate of drug-likeness (QED) is 0.414. The first-order chi connectivity index (χ1) is 13.8. The van der Waals surface area contributed by atoms with Crippen molar-refractivity contribution in [2.75, 3.05) is 5.75 Å². The molecule has 154 valence electrons. The molecule has 0 aliphatic heterocycles. The first kappa shape index (κ1) is 21.5. The summed E-state index contributed by atoms with van der Waals surface area (Å²) in [6, 6.07) is 9.20. The van der Waals surface area contributed by atoms with Gasteiger partial charge in [-0.25, -0.2) is 4.98 Å². The summed E-state index contributed by atoms with van der Waals surface area (Å²) in [7, 11) is 0. The highest BCUT2D eigenvalue weighted by Gasteiger charge is 2.15. The Morgan fingerprint density at radius 1 is 1.31 bits per heavy atom. The summed E-state index contributed by atoms with van der Waals surface area (Å²) < 4.78 is 1.68. The van der Waals surface area contributed by atoms with Crippen molar-refractivity contribution in [3.8, 4) is 0 Å². The van der Waals surface area contributed by atoms with Gasteiger partial charge in [0.05, 0.1) is 11.3 Å². The molecule has 0 fully saturated rings. The van der Waals surface area contributed by atoms with E-state index in [0.717, 1.165) is 17.7 Å². The van der Waals surface area contributed by atoms with Crippen LogP contribution in [0.2, 0.25) is 5.02 Å². The molecular weight excluding hydrogens is 408 g/mol. The second-order valence-electron chi connectivity index (χ2n) is 7.44. The third kappa shape index (κ3) is 5.64. The van der Waals surface area contributed by atoms with Crippen LogP contribution < -0.4 is 10.9 Å². The van der Waals surface area contributed by atoms with E-state index in [1.807, 2.05) is 25.1 Å². The molecule has 0 aliphatic carbocycles. The fourth-order valence-electron chi connectivity index (χ4n) is 2.89. The Morgan fingerprint density at radius 3 is 2.72 bits per heavy atom. The van der Waals surface area contributed by atoms with Gasteiger partial charge in [0.15, 0.2) is 5.16 Å². The van der Waals surface area contributed by atoms with Crippen molar-refractivity contribution in [1.82, 2.24) is 19.9 Å². The van der Waals surface area contributed by atoms with Gasteiger partial charge in [0.2, 0.25) is 5.91 Å². The van der Waals surface area contributed by atoms with E-state index in [9.17, 15) is 9.59 Å². The van der Waals surface area contributed by atoms with E-state index >= 15 is 0 Å². The Morgan fingerprint density at radius 2 is 2.03 bits per heavy atom. The van der Waals surface area contributed by atoms with Crippen LogP contribution in [-0.2, 0) is 17.9 Å². The number of fused-ring (bicyclic) bond motifs is 1. The van der Waals surface area contributed by atoms with E-state index in [-0.39, 0.29) is 17.2 Å². The van der Waals surface area contributed by atoms with Crippen LogP contribution in [0.3, 0.4) is 0 Å². The van der Waals surface area contributed by atoms with Crippen LogP contribution in [0.25, 0.3) is 11.0 Å². The lowest BCUT2D eigenvalue weighted by atomic mass is 10.1. The minimum absolute atomic E-state index is 0.0900. The van der Waals surface area contributed by atoms with Crippen LogP contribution in [-0.4, -0.2) is 26.2 Å². The minimum Gasteiger partial charge on any atom is -0.353 e. The SMILES string of the molecule is Cc1cc2nc(SCC(=O)NCc3ccc(Cl)cc3)n(CCC(C)C)c(=O)c2[nH]1. The standard InChI is InChI=1S/C21H25ClN4O2S/c1-13(2)8-9-26-20(28)19-17(10-14(3)24-19)25-21(26)29-12-18(27)23-11-15-4-6-16(22)7-5-15/h4-7,10,13,24H,8-9,11-12H2,1-3H3,(H,23,27). The van der Waals surface area contributed by atoms with Crippen molar-refractivity contribution >= 4 is 40.3 Å². The molecule has 0 aliphatic rings. The largest absolute Gasteiger partial charge is 0.353 e. The fraction of sp³-hybridized carbons (Fsp3) is 0.381. The molecule has 8 heteroatoms. The summed E-state index contributed by atoms with van der Waals surface area (Å²) in [4.78, 5) is 33.0. The number of thioether (sulfide) groups is 1. The monoisotopic (exact) mass is 432 g/mol. The van der Waals surface area contributed by atoms with Crippen molar-refractivity contribution in [1.29, 1.82) is 0 Å². The number of aryl methyl sites for hydroxylation is 1. The van der Waals surface area contributed by atoms with Crippen LogP contribution in [0.5, 0.6) is 0 Å². The summed E-state index contributed by atoms with van der Waals surface area (Å²) in [5, 5.41) is 4.13. The third-order valence-electron chi connectivity index (χ3n) is 4.50.